The lowest BCUT2D eigenvalue weighted by molar-refractivity contribution is 0.390. The van der Waals surface area contributed by atoms with Crippen molar-refractivity contribution in [3.8, 4) is 11.8 Å². The third-order valence-electron chi connectivity index (χ3n) is 4.58. The molecule has 28 heavy (non-hydrogen) atoms. The number of fused-ring (bicyclic) bond motifs is 2. The van der Waals surface area contributed by atoms with Crippen molar-refractivity contribution in [3.63, 3.8) is 0 Å². The Balaban J connectivity index is 1.63. The van der Waals surface area contributed by atoms with Crippen LogP contribution in [0.25, 0.3) is 27.2 Å². The third kappa shape index (κ3) is 2.86. The summed E-state index contributed by atoms with van der Waals surface area (Å²) in [4.78, 5) is 14.8. The molecule has 7 heteroatoms. The predicted molar refractivity (Wildman–Crippen MR) is 112 cm³/mol. The Morgan fingerprint density at radius 1 is 1.04 bits per heavy atom. The van der Waals surface area contributed by atoms with Crippen LogP contribution in [-0.2, 0) is 6.54 Å². The van der Waals surface area contributed by atoms with Crippen molar-refractivity contribution < 1.29 is 4.74 Å². The Morgan fingerprint density at radius 2 is 1.86 bits per heavy atom. The number of benzene rings is 2. The van der Waals surface area contributed by atoms with Gasteiger partial charge in [-0.1, -0.05) is 48.5 Å². The highest BCUT2D eigenvalue weighted by atomic mass is 32.1. The smallest absolute Gasteiger partial charge is 0.240 e. The summed E-state index contributed by atoms with van der Waals surface area (Å²) < 4.78 is 7.53. The number of rotatable bonds is 5. The third-order valence-corrected chi connectivity index (χ3v) is 5.29. The van der Waals surface area contributed by atoms with E-state index in [2.05, 4.69) is 22.4 Å². The lowest BCUT2D eigenvalue weighted by Crippen LogP contribution is -2.08. The monoisotopic (exact) mass is 387 g/mol. The van der Waals surface area contributed by atoms with E-state index in [1.807, 2.05) is 53.1 Å². The lowest BCUT2D eigenvalue weighted by Gasteiger charge is -2.11. The minimum Gasteiger partial charge on any atom is -0.482 e. The van der Waals surface area contributed by atoms with Crippen LogP contribution in [0.5, 0.6) is 5.88 Å². The summed E-state index contributed by atoms with van der Waals surface area (Å²) in [5, 5.41) is 4.49. The largest absolute Gasteiger partial charge is 0.482 e. The van der Waals surface area contributed by atoms with Gasteiger partial charge in [0, 0.05) is 18.0 Å². The fraction of sp³-hybridized carbons (Fsp3) is 0.0952. The molecule has 3 aromatic heterocycles. The van der Waals surface area contributed by atoms with E-state index in [9.17, 15) is 0 Å². The molecule has 0 spiro atoms. The van der Waals surface area contributed by atoms with Gasteiger partial charge in [-0.15, -0.1) is 11.3 Å². The number of nitrogens with one attached hydrogen (secondary N) is 1. The van der Waals surface area contributed by atoms with E-state index in [0.717, 1.165) is 21.3 Å². The molecule has 0 fully saturated rings. The Morgan fingerprint density at radius 3 is 2.71 bits per heavy atom. The number of para-hydroxylation sites is 1. The summed E-state index contributed by atoms with van der Waals surface area (Å²) in [6, 6.07) is 20.3. The average molecular weight is 387 g/mol. The van der Waals surface area contributed by atoms with Crippen LogP contribution in [0.15, 0.2) is 66.2 Å². The van der Waals surface area contributed by atoms with Gasteiger partial charge in [0.1, 0.15) is 5.52 Å². The number of ether oxygens (including phenoxy) is 1. The highest BCUT2D eigenvalue weighted by Crippen LogP contribution is 2.30. The Bertz CT molecular complexity index is 1260. The van der Waals surface area contributed by atoms with Crippen LogP contribution in [0.1, 0.15) is 5.56 Å². The summed E-state index contributed by atoms with van der Waals surface area (Å²) in [7, 11) is 1.66. The quantitative estimate of drug-likeness (QED) is 0.475. The highest BCUT2D eigenvalue weighted by Gasteiger charge is 2.17. The summed E-state index contributed by atoms with van der Waals surface area (Å²) in [5.74, 6) is 1.97. The molecule has 0 radical (unpaired) electrons. The van der Waals surface area contributed by atoms with E-state index < -0.39 is 0 Å². The van der Waals surface area contributed by atoms with Gasteiger partial charge in [0.15, 0.2) is 10.6 Å². The molecule has 0 aliphatic rings. The van der Waals surface area contributed by atoms with Gasteiger partial charge in [0.2, 0.25) is 11.8 Å². The molecule has 3 heterocycles. The molecule has 0 saturated carbocycles. The maximum absolute atomic E-state index is 5.60. The van der Waals surface area contributed by atoms with Gasteiger partial charge in [-0.2, -0.15) is 9.97 Å². The standard InChI is InChI=1S/C21H17N5OS/c1-27-17-11-15-9-5-6-10-16(15)26(17)21-24-19(18-20(25-21)28-13-23-18)22-12-14-7-3-2-4-8-14/h2-11,13H,12H2,1H3,(H,22,24,25). The van der Waals surface area contributed by atoms with E-state index in [-0.39, 0.29) is 0 Å². The van der Waals surface area contributed by atoms with E-state index >= 15 is 0 Å². The van der Waals surface area contributed by atoms with Crippen LogP contribution < -0.4 is 10.1 Å². The molecule has 138 valence electrons. The number of thiazole rings is 1. The zero-order chi connectivity index (χ0) is 18.9. The van der Waals surface area contributed by atoms with Crippen molar-refractivity contribution in [3.05, 3.63) is 71.7 Å². The Labute approximate surface area is 165 Å². The zero-order valence-corrected chi connectivity index (χ0v) is 16.0. The Hall–Kier alpha value is -3.45. The van der Waals surface area contributed by atoms with Crippen LogP contribution in [-0.4, -0.2) is 26.6 Å². The molecular formula is C21H17N5OS. The van der Waals surface area contributed by atoms with Gasteiger partial charge < -0.3 is 10.1 Å². The average Bonchev–Trinajstić information content (AvgIpc) is 3.36. The second kappa shape index (κ2) is 6.94. The molecular weight excluding hydrogens is 370 g/mol. The highest BCUT2D eigenvalue weighted by molar-refractivity contribution is 7.16. The van der Waals surface area contributed by atoms with Crippen molar-refractivity contribution in [1.29, 1.82) is 0 Å². The molecule has 6 nitrogen and oxygen atoms in total. The zero-order valence-electron chi connectivity index (χ0n) is 15.2. The first-order valence-electron chi connectivity index (χ1n) is 8.87. The maximum atomic E-state index is 5.60. The van der Waals surface area contributed by atoms with E-state index in [0.29, 0.717) is 24.2 Å². The molecule has 0 aliphatic carbocycles. The number of anilines is 1. The van der Waals surface area contributed by atoms with Crippen LogP contribution >= 0.6 is 11.3 Å². The molecule has 0 amide bonds. The van der Waals surface area contributed by atoms with Crippen molar-refractivity contribution in [2.75, 3.05) is 12.4 Å². The van der Waals surface area contributed by atoms with Crippen molar-refractivity contribution in [2.45, 2.75) is 6.54 Å². The first-order chi connectivity index (χ1) is 13.8. The first kappa shape index (κ1) is 16.7. The molecule has 0 saturated heterocycles. The fourth-order valence-electron chi connectivity index (χ4n) is 3.24. The molecule has 5 aromatic rings. The normalized spacial score (nSPS) is 11.2. The van der Waals surface area contributed by atoms with Gasteiger partial charge in [-0.05, 0) is 11.6 Å². The second-order valence-corrected chi connectivity index (χ2v) is 7.13. The lowest BCUT2D eigenvalue weighted by atomic mass is 10.2. The number of hydrogen-bond acceptors (Lipinski definition) is 6. The Kier molecular flexibility index (Phi) is 4.14. The SMILES string of the molecule is COc1cc2ccccc2n1-c1nc(NCc2ccccc2)c2ncsc2n1. The van der Waals surface area contributed by atoms with Crippen molar-refractivity contribution in [1.82, 2.24) is 19.5 Å². The van der Waals surface area contributed by atoms with Gasteiger partial charge in [-0.25, -0.2) is 9.55 Å². The topological polar surface area (TPSA) is 64.9 Å². The second-order valence-electron chi connectivity index (χ2n) is 6.30. The van der Waals surface area contributed by atoms with Crippen LogP contribution in [0, 0.1) is 0 Å². The molecule has 0 aliphatic heterocycles. The molecule has 5 rings (SSSR count). The van der Waals surface area contributed by atoms with E-state index in [1.54, 1.807) is 12.6 Å². The van der Waals surface area contributed by atoms with Gasteiger partial charge >= 0.3 is 0 Å². The molecule has 0 bridgehead atoms. The van der Waals surface area contributed by atoms with E-state index in [4.69, 9.17) is 14.7 Å². The minimum atomic E-state index is 0.561. The fourth-order valence-corrected chi connectivity index (χ4v) is 3.89. The predicted octanol–water partition coefficient (Wildman–Crippen LogP) is 4.65. The van der Waals surface area contributed by atoms with Gasteiger partial charge in [-0.3, -0.25) is 0 Å². The minimum absolute atomic E-state index is 0.561. The van der Waals surface area contributed by atoms with Crippen molar-refractivity contribution in [2.24, 2.45) is 0 Å². The maximum Gasteiger partial charge on any atom is 0.240 e. The summed E-state index contributed by atoms with van der Waals surface area (Å²) in [6.45, 7) is 0.660. The van der Waals surface area contributed by atoms with Crippen LogP contribution in [0.4, 0.5) is 5.82 Å². The van der Waals surface area contributed by atoms with Crippen LogP contribution in [0.2, 0.25) is 0 Å². The number of methoxy groups -OCH3 is 1. The first-order valence-corrected chi connectivity index (χ1v) is 9.75. The molecule has 2 aromatic carbocycles. The summed E-state index contributed by atoms with van der Waals surface area (Å²) >= 11 is 1.50. The molecule has 0 atom stereocenters. The van der Waals surface area contributed by atoms with Gasteiger partial charge in [0.25, 0.3) is 0 Å². The number of nitrogens with zero attached hydrogens (tertiary/aromatic N) is 4. The number of hydrogen-bond donors (Lipinski definition) is 1. The van der Waals surface area contributed by atoms with Crippen LogP contribution in [0.3, 0.4) is 0 Å². The summed E-state index contributed by atoms with van der Waals surface area (Å²) in [6.07, 6.45) is 0. The summed E-state index contributed by atoms with van der Waals surface area (Å²) in [5.41, 5.74) is 4.74. The van der Waals surface area contributed by atoms with Crippen molar-refractivity contribution >= 4 is 38.4 Å². The number of aromatic nitrogens is 4. The van der Waals surface area contributed by atoms with E-state index in [1.165, 1.54) is 16.9 Å². The van der Waals surface area contributed by atoms with Gasteiger partial charge in [0.05, 0.1) is 18.1 Å². The molecule has 1 N–H and O–H groups in total. The molecule has 0 unspecified atom stereocenters.